The molecule has 0 N–H and O–H groups in total. The van der Waals surface area contributed by atoms with Gasteiger partial charge in [0, 0.05) is 0 Å². The van der Waals surface area contributed by atoms with Gasteiger partial charge in [-0.2, -0.15) is 10.2 Å². The van der Waals surface area contributed by atoms with E-state index in [0.29, 0.717) is 11.7 Å². The number of nitriles is 1. The largest absolute Gasteiger partial charge is 0.482 e. The van der Waals surface area contributed by atoms with Crippen LogP contribution < -0.4 is 4.74 Å². The van der Waals surface area contributed by atoms with Crippen LogP contribution in [0.5, 0.6) is 5.75 Å². The molecule has 0 bridgehead atoms. The van der Waals surface area contributed by atoms with Gasteiger partial charge in [-0.3, -0.25) is 0 Å². The Kier molecular flexibility index (Phi) is 3.57. The summed E-state index contributed by atoms with van der Waals surface area (Å²) in [6.07, 6.45) is 3.44. The summed E-state index contributed by atoms with van der Waals surface area (Å²) in [5.74, 6) is 0.356. The monoisotopic (exact) mass is 287 g/mol. The van der Waals surface area contributed by atoms with E-state index in [9.17, 15) is 9.65 Å². The molecule has 0 spiro atoms. The van der Waals surface area contributed by atoms with Gasteiger partial charge < -0.3 is 9.26 Å². The van der Waals surface area contributed by atoms with E-state index in [4.69, 9.17) is 9.26 Å². The first-order chi connectivity index (χ1) is 10.2. The number of benzene rings is 1. The maximum atomic E-state index is 13.4. The van der Waals surface area contributed by atoms with Crippen molar-refractivity contribution in [2.45, 2.75) is 37.7 Å². The second-order valence-corrected chi connectivity index (χ2v) is 5.14. The lowest BCUT2D eigenvalue weighted by molar-refractivity contribution is 0.269. The van der Waals surface area contributed by atoms with Crippen LogP contribution in [0.15, 0.2) is 28.8 Å². The molecule has 0 radical (unpaired) electrons. The summed E-state index contributed by atoms with van der Waals surface area (Å²) < 4.78 is 24.0. The van der Waals surface area contributed by atoms with E-state index in [2.05, 4.69) is 16.2 Å². The number of aromatic nitrogens is 2. The molecule has 1 fully saturated rings. The van der Waals surface area contributed by atoms with E-state index in [-0.39, 0.29) is 12.4 Å². The number of hydrogen-bond acceptors (Lipinski definition) is 5. The van der Waals surface area contributed by atoms with E-state index in [0.717, 1.165) is 25.7 Å². The molecule has 1 aliphatic carbocycles. The summed E-state index contributed by atoms with van der Waals surface area (Å²) in [4.78, 5) is 4.23. The molecule has 1 saturated carbocycles. The van der Waals surface area contributed by atoms with Gasteiger partial charge in [0.05, 0.1) is 6.07 Å². The fourth-order valence-electron chi connectivity index (χ4n) is 2.56. The third-order valence-electron chi connectivity index (χ3n) is 3.74. The van der Waals surface area contributed by atoms with Gasteiger partial charge in [0.25, 0.3) is 0 Å². The van der Waals surface area contributed by atoms with E-state index < -0.39 is 11.2 Å². The molecule has 0 unspecified atom stereocenters. The summed E-state index contributed by atoms with van der Waals surface area (Å²) >= 11 is 0. The Bertz CT molecular complexity index is 672. The highest BCUT2D eigenvalue weighted by molar-refractivity contribution is 5.24. The van der Waals surface area contributed by atoms with Gasteiger partial charge >= 0.3 is 0 Å². The van der Waals surface area contributed by atoms with Crippen molar-refractivity contribution in [3.05, 3.63) is 41.8 Å². The molecule has 5 nitrogen and oxygen atoms in total. The van der Waals surface area contributed by atoms with Gasteiger partial charge in [0.2, 0.25) is 11.7 Å². The van der Waals surface area contributed by atoms with Gasteiger partial charge in [-0.05, 0) is 25.0 Å². The Labute approximate surface area is 121 Å². The van der Waals surface area contributed by atoms with E-state index in [1.54, 1.807) is 12.1 Å². The van der Waals surface area contributed by atoms with Gasteiger partial charge in [0.15, 0.2) is 18.2 Å². The summed E-state index contributed by atoms with van der Waals surface area (Å²) in [5.41, 5.74) is -0.663. The minimum atomic E-state index is -0.663. The zero-order chi connectivity index (χ0) is 14.7. The molecular weight excluding hydrogens is 273 g/mol. The maximum Gasteiger partial charge on any atom is 0.247 e. The van der Waals surface area contributed by atoms with E-state index in [1.165, 1.54) is 12.1 Å². The predicted octanol–water partition coefficient (Wildman–Crippen LogP) is 3.12. The normalized spacial score (nSPS) is 16.6. The van der Waals surface area contributed by atoms with E-state index in [1.807, 2.05) is 0 Å². The Balaban J connectivity index is 1.71. The first-order valence-electron chi connectivity index (χ1n) is 6.85. The molecule has 0 amide bonds. The third-order valence-corrected chi connectivity index (χ3v) is 3.74. The van der Waals surface area contributed by atoms with Crippen LogP contribution >= 0.6 is 0 Å². The van der Waals surface area contributed by atoms with Gasteiger partial charge in [-0.25, -0.2) is 4.39 Å². The lowest BCUT2D eigenvalue weighted by Crippen LogP contribution is -2.19. The number of nitrogens with zero attached hydrogens (tertiary/aromatic N) is 3. The molecule has 0 aliphatic heterocycles. The van der Waals surface area contributed by atoms with Gasteiger partial charge in [0.1, 0.15) is 5.41 Å². The van der Waals surface area contributed by atoms with Crippen LogP contribution in [-0.2, 0) is 12.0 Å². The topological polar surface area (TPSA) is 71.9 Å². The lowest BCUT2D eigenvalue weighted by atomic mass is 9.88. The first-order valence-corrected chi connectivity index (χ1v) is 6.85. The third kappa shape index (κ3) is 2.59. The zero-order valence-corrected chi connectivity index (χ0v) is 11.4. The Morgan fingerprint density at radius 3 is 2.81 bits per heavy atom. The number of ether oxygens (including phenoxy) is 1. The van der Waals surface area contributed by atoms with Crippen LogP contribution in [0.1, 0.15) is 37.4 Å². The molecule has 0 saturated heterocycles. The molecule has 108 valence electrons. The molecule has 3 rings (SSSR count). The fourth-order valence-corrected chi connectivity index (χ4v) is 2.56. The molecule has 2 aromatic rings. The van der Waals surface area contributed by atoms with Crippen LogP contribution in [0.25, 0.3) is 0 Å². The van der Waals surface area contributed by atoms with Crippen molar-refractivity contribution in [3.8, 4) is 11.8 Å². The number of halogens is 1. The van der Waals surface area contributed by atoms with Crippen LogP contribution in [0.2, 0.25) is 0 Å². The van der Waals surface area contributed by atoms with Crippen LogP contribution in [0, 0.1) is 17.1 Å². The van der Waals surface area contributed by atoms with Gasteiger partial charge in [-0.15, -0.1) is 0 Å². The number of hydrogen-bond donors (Lipinski definition) is 0. The first kappa shape index (κ1) is 13.6. The van der Waals surface area contributed by atoms with Crippen molar-refractivity contribution in [1.29, 1.82) is 5.26 Å². The highest BCUT2D eigenvalue weighted by Crippen LogP contribution is 2.39. The summed E-state index contributed by atoms with van der Waals surface area (Å²) in [6.45, 7) is 0.00589. The van der Waals surface area contributed by atoms with E-state index >= 15 is 0 Å². The standard InChI is InChI=1S/C15H14FN3O2/c16-11-5-1-2-6-12(11)20-9-13-18-14(21-19-13)15(10-17)7-3-4-8-15/h1-2,5-6H,3-4,7-9H2. The Morgan fingerprint density at radius 1 is 1.33 bits per heavy atom. The van der Waals surface area contributed by atoms with Crippen molar-refractivity contribution >= 4 is 0 Å². The van der Waals surface area contributed by atoms with Crippen LogP contribution in [0.3, 0.4) is 0 Å². The Hall–Kier alpha value is -2.42. The molecule has 1 aromatic carbocycles. The fraction of sp³-hybridized carbons (Fsp3) is 0.400. The molecule has 21 heavy (non-hydrogen) atoms. The second kappa shape index (κ2) is 5.52. The van der Waals surface area contributed by atoms with Crippen LogP contribution in [0.4, 0.5) is 4.39 Å². The van der Waals surface area contributed by atoms with Crippen LogP contribution in [-0.4, -0.2) is 10.1 Å². The van der Waals surface area contributed by atoms with Crippen molar-refractivity contribution in [3.63, 3.8) is 0 Å². The highest BCUT2D eigenvalue weighted by atomic mass is 19.1. The average molecular weight is 287 g/mol. The Morgan fingerprint density at radius 2 is 2.10 bits per heavy atom. The van der Waals surface area contributed by atoms with Crippen molar-refractivity contribution in [1.82, 2.24) is 10.1 Å². The van der Waals surface area contributed by atoms with Crippen molar-refractivity contribution in [2.24, 2.45) is 0 Å². The van der Waals surface area contributed by atoms with Crippen molar-refractivity contribution in [2.75, 3.05) is 0 Å². The highest BCUT2D eigenvalue weighted by Gasteiger charge is 2.41. The summed E-state index contributed by atoms with van der Waals surface area (Å²) in [7, 11) is 0. The maximum absolute atomic E-state index is 13.4. The summed E-state index contributed by atoms with van der Waals surface area (Å²) in [6, 6.07) is 8.42. The lowest BCUT2D eigenvalue weighted by Gasteiger charge is -2.13. The average Bonchev–Trinajstić information content (AvgIpc) is 3.16. The zero-order valence-electron chi connectivity index (χ0n) is 11.4. The molecular formula is C15H14FN3O2. The summed E-state index contributed by atoms with van der Waals surface area (Å²) in [5, 5.41) is 13.2. The quantitative estimate of drug-likeness (QED) is 0.863. The predicted molar refractivity (Wildman–Crippen MR) is 70.8 cm³/mol. The van der Waals surface area contributed by atoms with Gasteiger partial charge in [-0.1, -0.05) is 30.1 Å². The molecule has 0 atom stereocenters. The SMILES string of the molecule is N#CC1(c2nc(COc3ccccc3F)no2)CCCC1. The molecule has 1 aromatic heterocycles. The molecule has 1 heterocycles. The number of rotatable bonds is 4. The smallest absolute Gasteiger partial charge is 0.247 e. The molecule has 6 heteroatoms. The number of para-hydroxylation sites is 1. The minimum Gasteiger partial charge on any atom is -0.482 e. The second-order valence-electron chi connectivity index (χ2n) is 5.14. The molecule has 1 aliphatic rings. The minimum absolute atomic E-state index is 0.00589. The van der Waals surface area contributed by atoms with Crippen molar-refractivity contribution < 1.29 is 13.7 Å².